The van der Waals surface area contributed by atoms with Crippen molar-refractivity contribution in [3.05, 3.63) is 24.3 Å². The van der Waals surface area contributed by atoms with Crippen LogP contribution in [-0.2, 0) is 4.79 Å². The molecule has 0 aromatic carbocycles. The molecule has 0 atom stereocenters. The van der Waals surface area contributed by atoms with Crippen molar-refractivity contribution in [3.8, 4) is 0 Å². The van der Waals surface area contributed by atoms with Gasteiger partial charge in [-0.3, -0.25) is 4.79 Å². The van der Waals surface area contributed by atoms with Gasteiger partial charge in [-0.15, -0.1) is 0 Å². The first kappa shape index (κ1) is 12.1. The molecule has 0 unspecified atom stereocenters. The Morgan fingerprint density at radius 3 is 2.50 bits per heavy atom. The normalized spacial score (nSPS) is 10.9. The Balaban J connectivity index is 2.96. The van der Waals surface area contributed by atoms with Gasteiger partial charge in [-0.05, 0) is 19.9 Å². The maximum absolute atomic E-state index is 11.9. The first-order chi connectivity index (χ1) is 7.37. The van der Waals surface area contributed by atoms with Crippen LogP contribution < -0.4 is 0 Å². The number of carbonyl (C=O) groups excluding carboxylic acids is 1. The highest BCUT2D eigenvalue weighted by atomic mass is 16.4. The van der Waals surface area contributed by atoms with E-state index in [9.17, 15) is 9.59 Å². The van der Waals surface area contributed by atoms with Crippen LogP contribution in [-0.4, -0.2) is 44.4 Å². The number of carboxylic acids is 1. The lowest BCUT2D eigenvalue weighted by Gasteiger charge is -2.31. The topological polar surface area (TPSA) is 83.4 Å². The van der Waals surface area contributed by atoms with Gasteiger partial charge in [0.2, 0.25) is 0 Å². The van der Waals surface area contributed by atoms with Crippen LogP contribution in [0.15, 0.2) is 18.6 Å². The Morgan fingerprint density at radius 1 is 1.44 bits per heavy atom. The fourth-order valence-corrected chi connectivity index (χ4v) is 0.986. The van der Waals surface area contributed by atoms with Crippen LogP contribution in [0.1, 0.15) is 24.3 Å². The van der Waals surface area contributed by atoms with E-state index in [1.807, 2.05) is 0 Å². The Hall–Kier alpha value is -1.98. The maximum atomic E-state index is 11.9. The SMILES string of the molecule is CN(C(=O)c1ccncn1)C(C)(C)C(=O)O. The summed E-state index contributed by atoms with van der Waals surface area (Å²) in [6.07, 6.45) is 2.68. The molecule has 16 heavy (non-hydrogen) atoms. The van der Waals surface area contributed by atoms with Crippen LogP contribution in [0, 0.1) is 0 Å². The summed E-state index contributed by atoms with van der Waals surface area (Å²) in [6.45, 7) is 2.91. The standard InChI is InChI=1S/C10H13N3O3/c1-10(2,9(15)16)13(3)8(14)7-4-5-11-6-12-7/h4-6H,1-3H3,(H,15,16). The molecule has 0 bridgehead atoms. The minimum absolute atomic E-state index is 0.173. The lowest BCUT2D eigenvalue weighted by atomic mass is 10.0. The molecule has 1 heterocycles. The van der Waals surface area contributed by atoms with Gasteiger partial charge in [0.1, 0.15) is 17.6 Å². The zero-order valence-corrected chi connectivity index (χ0v) is 9.34. The molecule has 6 heteroatoms. The number of rotatable bonds is 3. The Bertz CT molecular complexity index is 403. The van der Waals surface area contributed by atoms with Gasteiger partial charge in [0.25, 0.3) is 5.91 Å². The van der Waals surface area contributed by atoms with Crippen molar-refractivity contribution in [2.24, 2.45) is 0 Å². The van der Waals surface area contributed by atoms with Gasteiger partial charge >= 0.3 is 5.97 Å². The summed E-state index contributed by atoms with van der Waals surface area (Å²) in [5, 5.41) is 8.98. The predicted octanol–water partition coefficient (Wildman–Crippen LogP) is 0.412. The van der Waals surface area contributed by atoms with Gasteiger partial charge in [-0.1, -0.05) is 0 Å². The smallest absolute Gasteiger partial charge is 0.329 e. The molecule has 0 fully saturated rings. The summed E-state index contributed by atoms with van der Waals surface area (Å²) in [6, 6.07) is 1.44. The fourth-order valence-electron chi connectivity index (χ4n) is 0.986. The number of carboxylic acid groups (broad SMARTS) is 1. The first-order valence-electron chi connectivity index (χ1n) is 4.65. The molecular weight excluding hydrogens is 210 g/mol. The number of aromatic nitrogens is 2. The van der Waals surface area contributed by atoms with Crippen molar-refractivity contribution in [3.63, 3.8) is 0 Å². The molecule has 6 nitrogen and oxygen atoms in total. The summed E-state index contributed by atoms with van der Waals surface area (Å²) in [4.78, 5) is 31.4. The molecule has 1 rings (SSSR count). The molecule has 1 aromatic heterocycles. The van der Waals surface area contributed by atoms with Crippen molar-refractivity contribution in [2.45, 2.75) is 19.4 Å². The van der Waals surface area contributed by atoms with E-state index in [2.05, 4.69) is 9.97 Å². The number of carbonyl (C=O) groups is 2. The number of aliphatic carboxylic acids is 1. The van der Waals surface area contributed by atoms with Gasteiger partial charge in [0.05, 0.1) is 0 Å². The first-order valence-corrected chi connectivity index (χ1v) is 4.65. The van der Waals surface area contributed by atoms with Crippen molar-refractivity contribution >= 4 is 11.9 Å². The van der Waals surface area contributed by atoms with E-state index in [0.717, 1.165) is 4.90 Å². The number of likely N-dealkylation sites (N-methyl/N-ethyl adjacent to an activating group) is 1. The second kappa shape index (κ2) is 4.26. The van der Waals surface area contributed by atoms with E-state index >= 15 is 0 Å². The van der Waals surface area contributed by atoms with Crippen LogP contribution in [0.5, 0.6) is 0 Å². The summed E-state index contributed by atoms with van der Waals surface area (Å²) < 4.78 is 0. The van der Waals surface area contributed by atoms with Crippen molar-refractivity contribution < 1.29 is 14.7 Å². The molecule has 0 aliphatic carbocycles. The molecule has 1 amide bonds. The van der Waals surface area contributed by atoms with Gasteiger partial charge < -0.3 is 10.0 Å². The highest BCUT2D eigenvalue weighted by molar-refractivity contribution is 5.95. The van der Waals surface area contributed by atoms with Crippen LogP contribution >= 0.6 is 0 Å². The van der Waals surface area contributed by atoms with E-state index in [4.69, 9.17) is 5.11 Å². The zero-order chi connectivity index (χ0) is 12.3. The third-order valence-electron chi connectivity index (χ3n) is 2.47. The zero-order valence-electron chi connectivity index (χ0n) is 9.34. The maximum Gasteiger partial charge on any atom is 0.329 e. The lowest BCUT2D eigenvalue weighted by Crippen LogP contribution is -2.50. The van der Waals surface area contributed by atoms with E-state index in [1.165, 1.54) is 39.5 Å². The van der Waals surface area contributed by atoms with E-state index in [-0.39, 0.29) is 5.69 Å². The Kier molecular flexibility index (Phi) is 3.22. The molecule has 0 aliphatic heterocycles. The van der Waals surface area contributed by atoms with Crippen molar-refractivity contribution in [1.29, 1.82) is 0 Å². The number of nitrogens with zero attached hydrogens (tertiary/aromatic N) is 3. The van der Waals surface area contributed by atoms with Gasteiger partial charge in [0, 0.05) is 13.2 Å². The van der Waals surface area contributed by atoms with Crippen molar-refractivity contribution in [2.75, 3.05) is 7.05 Å². The Morgan fingerprint density at radius 2 is 2.06 bits per heavy atom. The highest BCUT2D eigenvalue weighted by Gasteiger charge is 2.35. The van der Waals surface area contributed by atoms with Crippen LogP contribution in [0.4, 0.5) is 0 Å². The van der Waals surface area contributed by atoms with Gasteiger partial charge in [-0.2, -0.15) is 0 Å². The number of hydrogen-bond acceptors (Lipinski definition) is 4. The monoisotopic (exact) mass is 223 g/mol. The lowest BCUT2D eigenvalue weighted by molar-refractivity contribution is -0.147. The average Bonchev–Trinajstić information content (AvgIpc) is 2.28. The van der Waals surface area contributed by atoms with Crippen LogP contribution in [0.25, 0.3) is 0 Å². The summed E-state index contributed by atoms with van der Waals surface area (Å²) >= 11 is 0. The molecule has 0 radical (unpaired) electrons. The second-order valence-electron chi connectivity index (χ2n) is 3.82. The van der Waals surface area contributed by atoms with Gasteiger partial charge in [-0.25, -0.2) is 14.8 Å². The quantitative estimate of drug-likeness (QED) is 0.802. The van der Waals surface area contributed by atoms with Crippen LogP contribution in [0.3, 0.4) is 0 Å². The molecule has 86 valence electrons. The van der Waals surface area contributed by atoms with Crippen LogP contribution in [0.2, 0.25) is 0 Å². The van der Waals surface area contributed by atoms with E-state index in [0.29, 0.717) is 0 Å². The molecule has 0 spiro atoms. The molecule has 0 saturated heterocycles. The largest absolute Gasteiger partial charge is 0.480 e. The molecule has 1 aromatic rings. The molecular formula is C10H13N3O3. The Labute approximate surface area is 92.9 Å². The summed E-state index contributed by atoms with van der Waals surface area (Å²) in [5.41, 5.74) is -1.10. The number of amides is 1. The molecule has 1 N–H and O–H groups in total. The molecule has 0 saturated carbocycles. The summed E-state index contributed by atoms with van der Waals surface area (Å²) in [7, 11) is 1.43. The predicted molar refractivity (Wildman–Crippen MR) is 55.8 cm³/mol. The van der Waals surface area contributed by atoms with Gasteiger partial charge in [0.15, 0.2) is 0 Å². The van der Waals surface area contributed by atoms with E-state index < -0.39 is 17.4 Å². The average molecular weight is 223 g/mol. The van der Waals surface area contributed by atoms with Crippen molar-refractivity contribution in [1.82, 2.24) is 14.9 Å². The molecule has 0 aliphatic rings. The third-order valence-corrected chi connectivity index (χ3v) is 2.47. The minimum atomic E-state index is -1.28. The second-order valence-corrected chi connectivity index (χ2v) is 3.82. The third kappa shape index (κ3) is 2.16. The minimum Gasteiger partial charge on any atom is -0.480 e. The fraction of sp³-hybridized carbons (Fsp3) is 0.400. The summed E-state index contributed by atoms with van der Waals surface area (Å²) in [5.74, 6) is -1.52. The highest BCUT2D eigenvalue weighted by Crippen LogP contribution is 2.14. The number of hydrogen-bond donors (Lipinski definition) is 1. The van der Waals surface area contributed by atoms with E-state index in [1.54, 1.807) is 0 Å².